The van der Waals surface area contributed by atoms with E-state index in [-0.39, 0.29) is 0 Å². The molecule has 18 heavy (non-hydrogen) atoms. The topological polar surface area (TPSA) is 0 Å². The van der Waals surface area contributed by atoms with Gasteiger partial charge < -0.3 is 0 Å². The largest absolute Gasteiger partial charge is 0.0995 e. The third kappa shape index (κ3) is 9.50. The van der Waals surface area contributed by atoms with Crippen molar-refractivity contribution in [3.8, 4) is 0 Å². The van der Waals surface area contributed by atoms with Gasteiger partial charge in [-0.25, -0.2) is 0 Å². The van der Waals surface area contributed by atoms with Gasteiger partial charge in [-0.1, -0.05) is 70.8 Å². The van der Waals surface area contributed by atoms with Gasteiger partial charge in [0.15, 0.2) is 0 Å². The van der Waals surface area contributed by atoms with Gasteiger partial charge in [0.1, 0.15) is 0 Å². The Kier molecular flexibility index (Phi) is 10.1. The van der Waals surface area contributed by atoms with E-state index in [4.69, 9.17) is 0 Å². The molecule has 0 aliphatic carbocycles. The average Bonchev–Trinajstić information content (AvgIpc) is 2.33. The molecule has 0 N–H and O–H groups in total. The van der Waals surface area contributed by atoms with E-state index in [2.05, 4.69) is 47.3 Å². The summed E-state index contributed by atoms with van der Waals surface area (Å²) in [5.74, 6) is 1.66. The second-order valence-electron chi connectivity index (χ2n) is 6.15. The smallest absolute Gasteiger partial charge is 0.0139 e. The summed E-state index contributed by atoms with van der Waals surface area (Å²) in [4.78, 5) is 0. The van der Waals surface area contributed by atoms with Crippen LogP contribution in [0.4, 0.5) is 0 Å². The second-order valence-corrected chi connectivity index (χ2v) is 6.15. The monoisotopic (exact) mass is 250 g/mol. The van der Waals surface area contributed by atoms with E-state index in [9.17, 15) is 0 Å². The molecule has 0 fully saturated rings. The summed E-state index contributed by atoms with van der Waals surface area (Å²) in [6, 6.07) is 0. The molecule has 0 saturated carbocycles. The second kappa shape index (κ2) is 10.4. The van der Waals surface area contributed by atoms with Gasteiger partial charge in [-0.15, -0.1) is 0 Å². The minimum absolute atomic E-state index is 0.802. The van der Waals surface area contributed by atoms with Gasteiger partial charge >= 0.3 is 0 Å². The molecule has 2 atom stereocenters. The number of hydrogen-bond acceptors (Lipinski definition) is 0. The average molecular weight is 250 g/mol. The van der Waals surface area contributed by atoms with Gasteiger partial charge in [0.25, 0.3) is 0 Å². The Morgan fingerprint density at radius 2 is 1.78 bits per heavy atom. The predicted octanol–water partition coefficient (Wildman–Crippen LogP) is 6.53. The highest BCUT2D eigenvalue weighted by atomic mass is 14.1. The third-order valence-electron chi connectivity index (χ3n) is 3.89. The molecule has 106 valence electrons. The molecule has 0 heteroatoms. The molecule has 2 unspecified atom stereocenters. The molecular weight excluding hydrogens is 216 g/mol. The summed E-state index contributed by atoms with van der Waals surface area (Å²) >= 11 is 0. The van der Waals surface area contributed by atoms with Gasteiger partial charge in [-0.05, 0) is 44.4 Å². The standard InChI is InChI=1S/C18H34/c1-7-9-17(5)14-18(6)13-12-16(4)11-10-15(3)8-2/h12,15,17H,6-11,13-14H2,1-5H3/b16-12+. The summed E-state index contributed by atoms with van der Waals surface area (Å²) in [6.07, 6.45) is 11.2. The minimum Gasteiger partial charge on any atom is -0.0995 e. The van der Waals surface area contributed by atoms with Crippen LogP contribution in [-0.4, -0.2) is 0 Å². The van der Waals surface area contributed by atoms with E-state index in [1.165, 1.54) is 44.1 Å². The van der Waals surface area contributed by atoms with Gasteiger partial charge in [0, 0.05) is 0 Å². The normalized spacial score (nSPS) is 15.5. The molecule has 0 saturated heterocycles. The molecule has 0 spiro atoms. The van der Waals surface area contributed by atoms with Gasteiger partial charge in [-0.3, -0.25) is 0 Å². The lowest BCUT2D eigenvalue weighted by Crippen LogP contribution is -1.96. The lowest BCUT2D eigenvalue weighted by atomic mass is 9.94. The van der Waals surface area contributed by atoms with E-state index in [0.29, 0.717) is 0 Å². The molecule has 0 rings (SSSR count). The Labute approximate surface area is 116 Å². The van der Waals surface area contributed by atoms with E-state index < -0.39 is 0 Å². The van der Waals surface area contributed by atoms with Gasteiger partial charge in [-0.2, -0.15) is 0 Å². The first-order chi connectivity index (χ1) is 8.49. The molecule has 0 aromatic rings. The Balaban J connectivity index is 3.87. The van der Waals surface area contributed by atoms with Crippen molar-refractivity contribution in [3.63, 3.8) is 0 Å². The van der Waals surface area contributed by atoms with Gasteiger partial charge in [0.2, 0.25) is 0 Å². The molecule has 0 aliphatic heterocycles. The van der Waals surface area contributed by atoms with Crippen molar-refractivity contribution in [2.24, 2.45) is 11.8 Å². The van der Waals surface area contributed by atoms with Crippen LogP contribution in [0.5, 0.6) is 0 Å². The Hall–Kier alpha value is -0.520. The number of rotatable bonds is 10. The van der Waals surface area contributed by atoms with Crippen LogP contribution in [0.15, 0.2) is 23.8 Å². The Morgan fingerprint density at radius 1 is 1.11 bits per heavy atom. The summed E-state index contributed by atoms with van der Waals surface area (Å²) in [5.41, 5.74) is 2.94. The van der Waals surface area contributed by atoms with E-state index in [1.807, 2.05) is 0 Å². The minimum atomic E-state index is 0.802. The number of hydrogen-bond donors (Lipinski definition) is 0. The highest BCUT2D eigenvalue weighted by Crippen LogP contribution is 2.20. The fraction of sp³-hybridized carbons (Fsp3) is 0.778. The van der Waals surface area contributed by atoms with Crippen molar-refractivity contribution < 1.29 is 0 Å². The van der Waals surface area contributed by atoms with Crippen molar-refractivity contribution in [2.75, 3.05) is 0 Å². The summed E-state index contributed by atoms with van der Waals surface area (Å²) in [7, 11) is 0. The third-order valence-corrected chi connectivity index (χ3v) is 3.89. The molecule has 0 aromatic carbocycles. The molecule has 0 amide bonds. The van der Waals surface area contributed by atoms with Crippen LogP contribution in [0.25, 0.3) is 0 Å². The maximum absolute atomic E-state index is 4.22. The fourth-order valence-corrected chi connectivity index (χ4v) is 2.27. The zero-order valence-corrected chi connectivity index (χ0v) is 13.4. The zero-order valence-electron chi connectivity index (χ0n) is 13.4. The van der Waals surface area contributed by atoms with Crippen molar-refractivity contribution in [3.05, 3.63) is 23.8 Å². The quantitative estimate of drug-likeness (QED) is 0.387. The van der Waals surface area contributed by atoms with E-state index in [1.54, 1.807) is 5.57 Å². The summed E-state index contributed by atoms with van der Waals surface area (Å²) in [6.45, 7) is 15.7. The molecule has 0 bridgehead atoms. The summed E-state index contributed by atoms with van der Waals surface area (Å²) < 4.78 is 0. The molecule has 0 aromatic heterocycles. The first-order valence-electron chi connectivity index (χ1n) is 7.81. The maximum Gasteiger partial charge on any atom is -0.0139 e. The predicted molar refractivity (Wildman–Crippen MR) is 84.9 cm³/mol. The van der Waals surface area contributed by atoms with Crippen LogP contribution < -0.4 is 0 Å². The maximum atomic E-state index is 4.22. The molecule has 0 aliphatic rings. The fourth-order valence-electron chi connectivity index (χ4n) is 2.27. The van der Waals surface area contributed by atoms with E-state index >= 15 is 0 Å². The van der Waals surface area contributed by atoms with Crippen molar-refractivity contribution in [1.29, 1.82) is 0 Å². The first kappa shape index (κ1) is 17.5. The first-order valence-corrected chi connectivity index (χ1v) is 7.81. The lowest BCUT2D eigenvalue weighted by molar-refractivity contribution is 0.513. The van der Waals surface area contributed by atoms with E-state index in [0.717, 1.165) is 18.3 Å². The van der Waals surface area contributed by atoms with Crippen LogP contribution in [0.2, 0.25) is 0 Å². The highest BCUT2D eigenvalue weighted by Gasteiger charge is 2.03. The van der Waals surface area contributed by atoms with Crippen molar-refractivity contribution in [1.82, 2.24) is 0 Å². The highest BCUT2D eigenvalue weighted by molar-refractivity contribution is 5.08. The zero-order chi connectivity index (χ0) is 14.0. The molecule has 0 nitrogen and oxygen atoms in total. The Morgan fingerprint density at radius 3 is 2.33 bits per heavy atom. The van der Waals surface area contributed by atoms with Crippen LogP contribution in [-0.2, 0) is 0 Å². The van der Waals surface area contributed by atoms with Crippen molar-refractivity contribution >= 4 is 0 Å². The molecule has 0 heterocycles. The van der Waals surface area contributed by atoms with Crippen LogP contribution in [0.3, 0.4) is 0 Å². The lowest BCUT2D eigenvalue weighted by Gasteiger charge is -2.12. The molecule has 0 radical (unpaired) electrons. The SMILES string of the molecule is C=C(C/C=C(\C)CCC(C)CC)CC(C)CCC. The Bertz CT molecular complexity index is 247. The van der Waals surface area contributed by atoms with Crippen LogP contribution >= 0.6 is 0 Å². The van der Waals surface area contributed by atoms with Gasteiger partial charge in [0.05, 0.1) is 0 Å². The summed E-state index contributed by atoms with van der Waals surface area (Å²) in [5, 5.41) is 0. The number of allylic oxidation sites excluding steroid dienone is 3. The van der Waals surface area contributed by atoms with Crippen LogP contribution in [0.1, 0.15) is 79.6 Å². The molecular formula is C18H34. The van der Waals surface area contributed by atoms with Crippen LogP contribution in [0, 0.1) is 11.8 Å². The van der Waals surface area contributed by atoms with Crippen molar-refractivity contribution in [2.45, 2.75) is 79.6 Å².